The maximum absolute atomic E-state index is 6.32. The summed E-state index contributed by atoms with van der Waals surface area (Å²) in [7, 11) is 0. The molecule has 1 nitrogen and oxygen atoms in total. The van der Waals surface area contributed by atoms with E-state index in [9.17, 15) is 0 Å². The van der Waals surface area contributed by atoms with E-state index in [2.05, 4.69) is 77.9 Å². The molecule has 1 aromatic carbocycles. The van der Waals surface area contributed by atoms with E-state index in [4.69, 9.17) is 4.74 Å². The van der Waals surface area contributed by atoms with E-state index < -0.39 is 3.93 Å². The third-order valence-corrected chi connectivity index (χ3v) is 10.4. The minimum absolute atomic E-state index is 0.689. The fourth-order valence-corrected chi connectivity index (χ4v) is 7.48. The van der Waals surface area contributed by atoms with Crippen molar-refractivity contribution in [2.45, 2.75) is 102 Å². The number of rotatable bonds is 12. The van der Waals surface area contributed by atoms with Gasteiger partial charge in [-0.05, 0) is 67.2 Å². The molecule has 0 aliphatic heterocycles. The minimum atomic E-state index is -1.53. The van der Waals surface area contributed by atoms with Gasteiger partial charge in [0.25, 0.3) is 3.93 Å². The lowest BCUT2D eigenvalue weighted by molar-refractivity contribution is 0.307. The van der Waals surface area contributed by atoms with Gasteiger partial charge < -0.3 is 4.74 Å². The van der Waals surface area contributed by atoms with Gasteiger partial charge in [0.15, 0.2) is 0 Å². The Labute approximate surface area is 197 Å². The van der Waals surface area contributed by atoms with Gasteiger partial charge in [-0.2, -0.15) is 0 Å². The summed E-state index contributed by atoms with van der Waals surface area (Å²) in [5, 5.41) is 0. The molecule has 160 valence electrons. The molecule has 0 saturated heterocycles. The topological polar surface area (TPSA) is 9.23 Å². The smallest absolute Gasteiger partial charge is 0.267 e. The van der Waals surface area contributed by atoms with Gasteiger partial charge in [-0.1, -0.05) is 110 Å². The fourth-order valence-electron chi connectivity index (χ4n) is 4.42. The first-order valence-electron chi connectivity index (χ1n) is 11.3. The average molecular weight is 597 g/mol. The Bertz CT molecular complexity index is 567. The molecule has 1 fully saturated rings. The Balaban J connectivity index is 2.16. The number of halogens is 3. The SMILES string of the molecule is CCCCC(CCC)c1ccc(OCCC[Si](Br)(Br)Br)c(C2CCCCC2)c1. The van der Waals surface area contributed by atoms with Crippen LogP contribution in [-0.4, -0.2) is 10.5 Å². The van der Waals surface area contributed by atoms with Crippen LogP contribution < -0.4 is 4.74 Å². The largest absolute Gasteiger partial charge is 0.493 e. The van der Waals surface area contributed by atoms with Gasteiger partial charge in [0.05, 0.1) is 6.61 Å². The number of hydrogen-bond donors (Lipinski definition) is 0. The van der Waals surface area contributed by atoms with Crippen LogP contribution in [0.25, 0.3) is 0 Å². The highest BCUT2D eigenvalue weighted by atomic mass is 80.0. The zero-order valence-corrected chi connectivity index (χ0v) is 23.4. The second-order valence-corrected chi connectivity index (χ2v) is 31.8. The summed E-state index contributed by atoms with van der Waals surface area (Å²) in [6, 6.07) is 8.28. The van der Waals surface area contributed by atoms with Crippen LogP contribution >= 0.6 is 45.9 Å². The number of unbranched alkanes of at least 4 members (excludes halogenated alkanes) is 1. The molecule has 2 rings (SSSR count). The van der Waals surface area contributed by atoms with Crippen LogP contribution in [0.5, 0.6) is 5.75 Å². The Morgan fingerprint density at radius 1 is 1.00 bits per heavy atom. The molecule has 0 radical (unpaired) electrons. The van der Waals surface area contributed by atoms with Crippen LogP contribution in [0, 0.1) is 0 Å². The summed E-state index contributed by atoms with van der Waals surface area (Å²) >= 11 is 11.2. The number of ether oxygens (including phenoxy) is 1. The molecule has 5 heteroatoms. The number of hydrogen-bond acceptors (Lipinski definition) is 1. The van der Waals surface area contributed by atoms with Crippen LogP contribution in [-0.2, 0) is 0 Å². The van der Waals surface area contributed by atoms with E-state index in [-0.39, 0.29) is 0 Å². The van der Waals surface area contributed by atoms with Gasteiger partial charge in [-0.15, -0.1) is 0 Å². The molecule has 1 aromatic rings. The Kier molecular flexibility index (Phi) is 11.7. The molecule has 0 N–H and O–H groups in total. The van der Waals surface area contributed by atoms with Gasteiger partial charge in [0.2, 0.25) is 0 Å². The normalized spacial score (nSPS) is 16.9. The third-order valence-electron chi connectivity index (χ3n) is 5.96. The predicted molar refractivity (Wildman–Crippen MR) is 137 cm³/mol. The van der Waals surface area contributed by atoms with Crippen LogP contribution in [0.15, 0.2) is 18.2 Å². The Morgan fingerprint density at radius 3 is 2.39 bits per heavy atom. The van der Waals surface area contributed by atoms with Gasteiger partial charge in [-0.25, -0.2) is 0 Å². The van der Waals surface area contributed by atoms with Crippen molar-refractivity contribution in [1.82, 2.24) is 0 Å². The second kappa shape index (κ2) is 13.2. The lowest BCUT2D eigenvalue weighted by Crippen LogP contribution is -2.11. The molecule has 1 aliphatic rings. The molecule has 1 atom stereocenters. The van der Waals surface area contributed by atoms with Crippen molar-refractivity contribution in [2.24, 2.45) is 0 Å². The second-order valence-electron chi connectivity index (χ2n) is 8.33. The van der Waals surface area contributed by atoms with E-state index in [0.717, 1.165) is 24.8 Å². The van der Waals surface area contributed by atoms with E-state index >= 15 is 0 Å². The predicted octanol–water partition coefficient (Wildman–Crippen LogP) is 9.70. The van der Waals surface area contributed by atoms with E-state index in [1.54, 1.807) is 5.56 Å². The Hall–Kier alpha value is 0.677. The van der Waals surface area contributed by atoms with Gasteiger partial charge in [0.1, 0.15) is 5.75 Å². The lowest BCUT2D eigenvalue weighted by atomic mass is 9.81. The average Bonchev–Trinajstić information content (AvgIpc) is 2.68. The molecule has 0 aromatic heterocycles. The number of benzene rings is 1. The van der Waals surface area contributed by atoms with Crippen LogP contribution in [0.2, 0.25) is 6.04 Å². The molecule has 1 aliphatic carbocycles. The standard InChI is InChI=1S/C23H37Br3OSi/c1-3-5-11-19(10-4-2)21-14-15-23(27-16-9-17-28(24,25)26)22(18-21)20-12-7-6-8-13-20/h14-15,18-20H,3-13,16-17H2,1-2H3. The van der Waals surface area contributed by atoms with Crippen molar-refractivity contribution in [1.29, 1.82) is 0 Å². The summed E-state index contributed by atoms with van der Waals surface area (Å²) in [6.07, 6.45) is 14.4. The van der Waals surface area contributed by atoms with Crippen molar-refractivity contribution in [3.63, 3.8) is 0 Å². The molecule has 0 amide bonds. The molecule has 0 spiro atoms. The van der Waals surface area contributed by atoms with E-state index in [0.29, 0.717) is 11.8 Å². The first kappa shape index (κ1) is 24.9. The highest BCUT2D eigenvalue weighted by Gasteiger charge is 2.23. The summed E-state index contributed by atoms with van der Waals surface area (Å²) in [5.74, 6) is 2.55. The summed E-state index contributed by atoms with van der Waals surface area (Å²) in [4.78, 5) is 0. The van der Waals surface area contributed by atoms with Crippen molar-refractivity contribution >= 4 is 49.8 Å². The first-order chi connectivity index (χ1) is 13.4. The van der Waals surface area contributed by atoms with Gasteiger partial charge in [0, 0.05) is 0 Å². The highest BCUT2D eigenvalue weighted by Crippen LogP contribution is 2.40. The summed E-state index contributed by atoms with van der Waals surface area (Å²) in [6.45, 7) is 5.42. The summed E-state index contributed by atoms with van der Waals surface area (Å²) in [5.41, 5.74) is 3.05. The zero-order valence-electron chi connectivity index (χ0n) is 17.6. The van der Waals surface area contributed by atoms with Crippen molar-refractivity contribution in [3.05, 3.63) is 29.3 Å². The van der Waals surface area contributed by atoms with Crippen molar-refractivity contribution in [3.8, 4) is 5.75 Å². The third kappa shape index (κ3) is 8.81. The Morgan fingerprint density at radius 2 is 1.75 bits per heavy atom. The fraction of sp³-hybridized carbons (Fsp3) is 0.739. The van der Waals surface area contributed by atoms with Crippen molar-refractivity contribution in [2.75, 3.05) is 6.61 Å². The molecule has 1 unspecified atom stereocenters. The highest BCUT2D eigenvalue weighted by molar-refractivity contribution is 9.72. The van der Waals surface area contributed by atoms with Crippen LogP contribution in [0.3, 0.4) is 0 Å². The maximum atomic E-state index is 6.32. The molecular weight excluding hydrogens is 560 g/mol. The zero-order chi connectivity index (χ0) is 20.4. The molecule has 1 saturated carbocycles. The molecule has 28 heavy (non-hydrogen) atoms. The minimum Gasteiger partial charge on any atom is -0.493 e. The molecule has 0 bridgehead atoms. The van der Waals surface area contributed by atoms with Crippen molar-refractivity contribution < 1.29 is 4.74 Å². The quantitative estimate of drug-likeness (QED) is 0.133. The summed E-state index contributed by atoms with van der Waals surface area (Å²) < 4.78 is 4.79. The molecule has 0 heterocycles. The van der Waals surface area contributed by atoms with Gasteiger partial charge >= 0.3 is 0 Å². The molecular formula is C23H37Br3OSi. The van der Waals surface area contributed by atoms with Crippen LogP contribution in [0.4, 0.5) is 0 Å². The lowest BCUT2D eigenvalue weighted by Gasteiger charge is -2.26. The van der Waals surface area contributed by atoms with E-state index in [1.807, 2.05) is 0 Å². The maximum Gasteiger partial charge on any atom is 0.267 e. The monoisotopic (exact) mass is 594 g/mol. The first-order valence-corrected chi connectivity index (χ1v) is 20.3. The van der Waals surface area contributed by atoms with Crippen LogP contribution in [0.1, 0.15) is 107 Å². The van der Waals surface area contributed by atoms with Gasteiger partial charge in [-0.3, -0.25) is 0 Å². The van der Waals surface area contributed by atoms with E-state index in [1.165, 1.54) is 69.8 Å².